The highest BCUT2D eigenvalue weighted by Gasteiger charge is 2.24. The van der Waals surface area contributed by atoms with Crippen molar-refractivity contribution in [3.63, 3.8) is 0 Å². The molecule has 0 aliphatic carbocycles. The highest BCUT2D eigenvalue weighted by molar-refractivity contribution is 7.92. The van der Waals surface area contributed by atoms with Crippen molar-refractivity contribution in [1.82, 2.24) is 9.97 Å². The smallest absolute Gasteiger partial charge is 0.199 e. The third-order valence-electron chi connectivity index (χ3n) is 2.24. The van der Waals surface area contributed by atoms with Gasteiger partial charge in [-0.25, -0.2) is 18.4 Å². The van der Waals surface area contributed by atoms with Crippen molar-refractivity contribution < 1.29 is 8.42 Å². The topological polar surface area (TPSA) is 59.9 Å². The zero-order valence-electron chi connectivity index (χ0n) is 9.35. The lowest BCUT2D eigenvalue weighted by atomic mass is 10.2. The van der Waals surface area contributed by atoms with Gasteiger partial charge in [0.05, 0.1) is 5.25 Å². The Kier molecular flexibility index (Phi) is 4.68. The summed E-state index contributed by atoms with van der Waals surface area (Å²) in [4.78, 5) is 7.82. The van der Waals surface area contributed by atoms with Gasteiger partial charge in [-0.1, -0.05) is 13.3 Å². The highest BCUT2D eigenvalue weighted by atomic mass is 35.5. The predicted molar refractivity (Wildman–Crippen MR) is 63.4 cm³/mol. The summed E-state index contributed by atoms with van der Waals surface area (Å²) in [6.45, 7) is 3.58. The minimum atomic E-state index is -3.41. The van der Waals surface area contributed by atoms with E-state index in [1.807, 2.05) is 6.92 Å². The quantitative estimate of drug-likeness (QED) is 0.600. The zero-order chi connectivity index (χ0) is 12.2. The number of rotatable bonds is 5. The van der Waals surface area contributed by atoms with Gasteiger partial charge < -0.3 is 0 Å². The van der Waals surface area contributed by atoms with Gasteiger partial charge in [-0.15, -0.1) is 11.6 Å². The summed E-state index contributed by atoms with van der Waals surface area (Å²) in [7, 11) is -3.41. The van der Waals surface area contributed by atoms with Gasteiger partial charge in [-0.05, 0) is 19.4 Å². The number of halogens is 1. The summed E-state index contributed by atoms with van der Waals surface area (Å²) in [6.07, 6.45) is 2.96. The molecule has 0 aliphatic rings. The Labute approximate surface area is 101 Å². The number of sulfone groups is 1. The molecule has 0 fully saturated rings. The van der Waals surface area contributed by atoms with Crippen molar-refractivity contribution in [2.24, 2.45) is 0 Å². The van der Waals surface area contributed by atoms with Crippen LogP contribution < -0.4 is 0 Å². The molecule has 1 unspecified atom stereocenters. The maximum atomic E-state index is 11.9. The van der Waals surface area contributed by atoms with E-state index in [0.717, 1.165) is 18.5 Å². The molecule has 0 saturated heterocycles. The molecule has 4 nitrogen and oxygen atoms in total. The predicted octanol–water partition coefficient (Wildman–Crippen LogP) is 1.83. The molecule has 1 rings (SSSR count). The van der Waals surface area contributed by atoms with Crippen LogP contribution in [-0.4, -0.2) is 29.5 Å². The van der Waals surface area contributed by atoms with Gasteiger partial charge in [0, 0.05) is 11.6 Å². The third-order valence-corrected chi connectivity index (χ3v) is 4.92. The van der Waals surface area contributed by atoms with Gasteiger partial charge >= 0.3 is 0 Å². The van der Waals surface area contributed by atoms with Gasteiger partial charge in [-0.2, -0.15) is 0 Å². The van der Waals surface area contributed by atoms with E-state index in [4.69, 9.17) is 11.6 Å². The second-order valence-corrected chi connectivity index (χ2v) is 6.23. The molecule has 90 valence electrons. The van der Waals surface area contributed by atoms with Crippen molar-refractivity contribution in [2.75, 3.05) is 5.88 Å². The molecule has 0 radical (unpaired) electrons. The molecule has 0 aliphatic heterocycles. The van der Waals surface area contributed by atoms with E-state index >= 15 is 0 Å². The van der Waals surface area contributed by atoms with Crippen molar-refractivity contribution in [3.05, 3.63) is 18.1 Å². The Morgan fingerprint density at radius 2 is 2.12 bits per heavy atom. The molecular weight excluding hydrogens is 248 g/mol. The van der Waals surface area contributed by atoms with Crippen LogP contribution in [0.25, 0.3) is 0 Å². The molecular formula is C10H15ClN2O2S. The first-order valence-electron chi connectivity index (χ1n) is 5.13. The van der Waals surface area contributed by atoms with E-state index in [1.54, 1.807) is 6.92 Å². The minimum absolute atomic E-state index is 0.0649. The van der Waals surface area contributed by atoms with E-state index < -0.39 is 15.1 Å². The number of aryl methyl sites for hydroxylation is 1. The van der Waals surface area contributed by atoms with Crippen LogP contribution in [0.1, 0.15) is 26.0 Å². The lowest BCUT2D eigenvalue weighted by Gasteiger charge is -2.09. The first kappa shape index (κ1) is 13.4. The fourth-order valence-electron chi connectivity index (χ4n) is 1.21. The third kappa shape index (κ3) is 2.92. The van der Waals surface area contributed by atoms with E-state index in [2.05, 4.69) is 9.97 Å². The Morgan fingerprint density at radius 1 is 1.44 bits per heavy atom. The number of nitrogens with zero attached hydrogens (tertiary/aromatic N) is 2. The van der Waals surface area contributed by atoms with Gasteiger partial charge in [0.15, 0.2) is 14.9 Å². The maximum Gasteiger partial charge on any atom is 0.199 e. The maximum absolute atomic E-state index is 11.9. The van der Waals surface area contributed by atoms with E-state index in [-0.39, 0.29) is 10.9 Å². The average molecular weight is 263 g/mol. The van der Waals surface area contributed by atoms with Crippen LogP contribution in [0.4, 0.5) is 0 Å². The van der Waals surface area contributed by atoms with E-state index in [1.165, 1.54) is 12.4 Å². The minimum Gasteiger partial charge on any atom is -0.241 e. The Morgan fingerprint density at radius 3 is 2.69 bits per heavy atom. The lowest BCUT2D eigenvalue weighted by Crippen LogP contribution is -2.21. The summed E-state index contributed by atoms with van der Waals surface area (Å²) < 4.78 is 23.9. The largest absolute Gasteiger partial charge is 0.241 e. The first-order chi connectivity index (χ1) is 7.52. The number of aromatic nitrogens is 2. The molecule has 0 spiro atoms. The molecule has 0 aromatic carbocycles. The Balaban J connectivity index is 3.09. The number of alkyl halides is 1. The Hall–Kier alpha value is -0.680. The van der Waals surface area contributed by atoms with Crippen LogP contribution in [0.2, 0.25) is 0 Å². The normalized spacial score (nSPS) is 13.7. The van der Waals surface area contributed by atoms with Gasteiger partial charge in [0.1, 0.15) is 6.33 Å². The summed E-state index contributed by atoms with van der Waals surface area (Å²) in [6, 6.07) is 1.53. The molecule has 16 heavy (non-hydrogen) atoms. The van der Waals surface area contributed by atoms with Gasteiger partial charge in [0.2, 0.25) is 0 Å². The number of hydrogen-bond acceptors (Lipinski definition) is 4. The lowest BCUT2D eigenvalue weighted by molar-refractivity contribution is 0.583. The summed E-state index contributed by atoms with van der Waals surface area (Å²) >= 11 is 5.56. The molecule has 0 N–H and O–H groups in total. The van der Waals surface area contributed by atoms with E-state index in [0.29, 0.717) is 0 Å². The van der Waals surface area contributed by atoms with Crippen LogP contribution in [0.3, 0.4) is 0 Å². The molecule has 0 amide bonds. The second kappa shape index (κ2) is 5.59. The van der Waals surface area contributed by atoms with Gasteiger partial charge in [-0.3, -0.25) is 0 Å². The SMILES string of the molecule is CCCc1cc(S(=O)(=O)C(C)CCl)ncn1. The summed E-state index contributed by atoms with van der Waals surface area (Å²) in [5.41, 5.74) is 0.748. The molecule has 1 atom stereocenters. The van der Waals surface area contributed by atoms with Crippen LogP contribution in [-0.2, 0) is 16.3 Å². The molecule has 0 saturated carbocycles. The van der Waals surface area contributed by atoms with Crippen LogP contribution >= 0.6 is 11.6 Å². The summed E-state index contributed by atoms with van der Waals surface area (Å²) in [5.74, 6) is 0.0649. The number of hydrogen-bond donors (Lipinski definition) is 0. The van der Waals surface area contributed by atoms with Gasteiger partial charge in [0.25, 0.3) is 0 Å². The van der Waals surface area contributed by atoms with Crippen LogP contribution in [0.15, 0.2) is 17.4 Å². The molecule has 0 bridgehead atoms. The average Bonchev–Trinajstić information content (AvgIpc) is 2.28. The zero-order valence-corrected chi connectivity index (χ0v) is 10.9. The second-order valence-electron chi connectivity index (χ2n) is 3.61. The molecule has 1 aromatic rings. The standard InChI is InChI=1S/C10H15ClN2O2S/c1-3-4-9-5-10(13-7-12-9)16(14,15)8(2)6-11/h5,7-8H,3-4,6H2,1-2H3. The van der Waals surface area contributed by atoms with Crippen LogP contribution in [0, 0.1) is 0 Å². The Bertz CT molecular complexity index is 448. The highest BCUT2D eigenvalue weighted by Crippen LogP contribution is 2.15. The first-order valence-corrected chi connectivity index (χ1v) is 7.21. The van der Waals surface area contributed by atoms with Crippen molar-refractivity contribution in [2.45, 2.75) is 37.0 Å². The van der Waals surface area contributed by atoms with Crippen molar-refractivity contribution in [1.29, 1.82) is 0 Å². The monoisotopic (exact) mass is 262 g/mol. The van der Waals surface area contributed by atoms with E-state index in [9.17, 15) is 8.42 Å². The molecule has 6 heteroatoms. The fourth-order valence-corrected chi connectivity index (χ4v) is 2.78. The van der Waals surface area contributed by atoms with Crippen LogP contribution in [0.5, 0.6) is 0 Å². The fraction of sp³-hybridized carbons (Fsp3) is 0.600. The molecule has 1 heterocycles. The van der Waals surface area contributed by atoms with Crippen molar-refractivity contribution >= 4 is 21.4 Å². The molecule has 1 aromatic heterocycles. The van der Waals surface area contributed by atoms with Crippen molar-refractivity contribution in [3.8, 4) is 0 Å². The summed E-state index contributed by atoms with van der Waals surface area (Å²) in [5, 5.41) is -0.558.